The number of amides is 1. The van der Waals surface area contributed by atoms with Crippen molar-refractivity contribution in [2.75, 3.05) is 11.9 Å². The van der Waals surface area contributed by atoms with Gasteiger partial charge in [0.25, 0.3) is 0 Å². The molecule has 7 heteroatoms. The Kier molecular flexibility index (Phi) is 5.14. The molecule has 2 aromatic heterocycles. The van der Waals surface area contributed by atoms with Gasteiger partial charge in [-0.25, -0.2) is 9.97 Å². The lowest BCUT2D eigenvalue weighted by Gasteiger charge is -2.11. The van der Waals surface area contributed by atoms with Gasteiger partial charge in [0.05, 0.1) is 18.6 Å². The third-order valence-electron chi connectivity index (χ3n) is 3.80. The van der Waals surface area contributed by atoms with Crippen LogP contribution in [0.4, 0.5) is 5.13 Å². The highest BCUT2D eigenvalue weighted by Gasteiger charge is 2.17. The van der Waals surface area contributed by atoms with Gasteiger partial charge in [-0.1, -0.05) is 11.6 Å². The lowest BCUT2D eigenvalue weighted by atomic mass is 10.1. The van der Waals surface area contributed by atoms with Crippen LogP contribution in [-0.4, -0.2) is 27.0 Å². The highest BCUT2D eigenvalue weighted by molar-refractivity contribution is 7.14. The van der Waals surface area contributed by atoms with E-state index in [9.17, 15) is 4.79 Å². The summed E-state index contributed by atoms with van der Waals surface area (Å²) in [7, 11) is 0. The van der Waals surface area contributed by atoms with E-state index in [4.69, 9.17) is 4.74 Å². The molecule has 0 saturated heterocycles. The summed E-state index contributed by atoms with van der Waals surface area (Å²) in [5, 5.41) is 5.36. The molecule has 0 aliphatic heterocycles. The van der Waals surface area contributed by atoms with Gasteiger partial charge in [0.15, 0.2) is 5.13 Å². The van der Waals surface area contributed by atoms with Gasteiger partial charge in [0, 0.05) is 23.3 Å². The Morgan fingerprint density at radius 3 is 3.00 bits per heavy atom. The van der Waals surface area contributed by atoms with Crippen molar-refractivity contribution in [3.8, 4) is 17.0 Å². The van der Waals surface area contributed by atoms with E-state index in [0.717, 1.165) is 22.6 Å². The van der Waals surface area contributed by atoms with E-state index < -0.39 is 0 Å². The number of nitrogens with one attached hydrogen (secondary N) is 1. The van der Waals surface area contributed by atoms with Crippen LogP contribution in [0.25, 0.3) is 11.3 Å². The molecule has 0 fully saturated rings. The summed E-state index contributed by atoms with van der Waals surface area (Å²) in [6, 6.07) is 5.65. The number of thiazole rings is 1. The number of rotatable bonds is 6. The quantitative estimate of drug-likeness (QED) is 0.727. The van der Waals surface area contributed by atoms with Crippen LogP contribution in [0.15, 0.2) is 42.3 Å². The lowest BCUT2D eigenvalue weighted by molar-refractivity contribution is -0.118. The first-order chi connectivity index (χ1) is 12.1. The number of imidazole rings is 1. The number of hydrogen-bond acceptors (Lipinski definition) is 5. The normalized spacial score (nSPS) is 12.0. The van der Waals surface area contributed by atoms with Gasteiger partial charge < -0.3 is 14.6 Å². The maximum Gasteiger partial charge on any atom is 0.248 e. The molecule has 0 saturated carbocycles. The third kappa shape index (κ3) is 3.88. The van der Waals surface area contributed by atoms with E-state index in [0.29, 0.717) is 11.7 Å². The van der Waals surface area contributed by atoms with E-state index in [1.54, 1.807) is 23.3 Å². The fraction of sp³-hybridized carbons (Fsp3) is 0.278. The number of hydrogen-bond donors (Lipinski definition) is 1. The molecule has 130 valence electrons. The first-order valence-corrected chi connectivity index (χ1v) is 8.94. The van der Waals surface area contributed by atoms with Gasteiger partial charge in [0.2, 0.25) is 5.91 Å². The second-order valence-corrected chi connectivity index (χ2v) is 6.50. The lowest BCUT2D eigenvalue weighted by Crippen LogP contribution is -2.22. The summed E-state index contributed by atoms with van der Waals surface area (Å²) >= 11 is 1.40. The molecule has 3 aromatic rings. The third-order valence-corrected chi connectivity index (χ3v) is 4.55. The molecule has 25 heavy (non-hydrogen) atoms. The van der Waals surface area contributed by atoms with Crippen LogP contribution >= 0.6 is 11.3 Å². The largest absolute Gasteiger partial charge is 0.493 e. The minimum Gasteiger partial charge on any atom is -0.493 e. The number of ether oxygens (including phenoxy) is 1. The first kappa shape index (κ1) is 17.2. The Balaban J connectivity index is 1.79. The summed E-state index contributed by atoms with van der Waals surface area (Å²) in [5.41, 5.74) is 2.86. The predicted molar refractivity (Wildman–Crippen MR) is 99.0 cm³/mol. The van der Waals surface area contributed by atoms with Crippen molar-refractivity contribution in [2.45, 2.75) is 26.8 Å². The highest BCUT2D eigenvalue weighted by atomic mass is 32.1. The highest BCUT2D eigenvalue weighted by Crippen LogP contribution is 2.33. The smallest absolute Gasteiger partial charge is 0.248 e. The van der Waals surface area contributed by atoms with Crippen LogP contribution in [-0.2, 0) is 4.79 Å². The number of carbonyl (C=O) groups excluding carboxylic acids is 1. The molecule has 0 aliphatic rings. The van der Waals surface area contributed by atoms with E-state index in [2.05, 4.69) is 15.3 Å². The van der Waals surface area contributed by atoms with Gasteiger partial charge in [-0.15, -0.1) is 11.3 Å². The molecule has 3 rings (SSSR count). The van der Waals surface area contributed by atoms with Crippen LogP contribution in [0, 0.1) is 6.92 Å². The second-order valence-electron chi connectivity index (χ2n) is 5.65. The number of carbonyl (C=O) groups is 1. The Bertz CT molecular complexity index is 858. The fourth-order valence-corrected chi connectivity index (χ4v) is 3.14. The predicted octanol–water partition coefficient (Wildman–Crippen LogP) is 3.91. The molecule has 0 aliphatic carbocycles. The Labute approximate surface area is 150 Å². The summed E-state index contributed by atoms with van der Waals surface area (Å²) in [5.74, 6) is 0.663. The van der Waals surface area contributed by atoms with Crippen LogP contribution in [0.3, 0.4) is 0 Å². The van der Waals surface area contributed by atoms with E-state index in [1.165, 1.54) is 11.3 Å². The Morgan fingerprint density at radius 1 is 1.44 bits per heavy atom. The van der Waals surface area contributed by atoms with Crippen LogP contribution < -0.4 is 10.1 Å². The number of aromatic nitrogens is 3. The molecule has 2 heterocycles. The first-order valence-electron chi connectivity index (χ1n) is 8.06. The molecule has 1 aromatic carbocycles. The van der Waals surface area contributed by atoms with Crippen molar-refractivity contribution >= 4 is 22.4 Å². The number of anilines is 1. The molecule has 0 bridgehead atoms. The van der Waals surface area contributed by atoms with Crippen molar-refractivity contribution < 1.29 is 9.53 Å². The van der Waals surface area contributed by atoms with E-state index >= 15 is 0 Å². The zero-order valence-electron chi connectivity index (χ0n) is 14.4. The van der Waals surface area contributed by atoms with Crippen LogP contribution in [0.2, 0.25) is 0 Å². The molecule has 1 N–H and O–H groups in total. The molecule has 1 unspecified atom stereocenters. The zero-order valence-corrected chi connectivity index (χ0v) is 15.2. The van der Waals surface area contributed by atoms with Crippen LogP contribution in [0.1, 0.15) is 25.5 Å². The van der Waals surface area contributed by atoms with Gasteiger partial charge in [-0.3, -0.25) is 4.79 Å². The van der Waals surface area contributed by atoms with Gasteiger partial charge >= 0.3 is 0 Å². The van der Waals surface area contributed by atoms with Gasteiger partial charge in [-0.05, 0) is 32.9 Å². The summed E-state index contributed by atoms with van der Waals surface area (Å²) in [6.45, 7) is 6.39. The van der Waals surface area contributed by atoms with E-state index in [1.807, 2.05) is 44.4 Å². The summed E-state index contributed by atoms with van der Waals surface area (Å²) in [4.78, 5) is 20.9. The standard InChI is InChI=1S/C18H20N4O2S/c1-4-24-16-6-5-12(2)9-14(16)15-10-25-18(20-15)21-17(23)13(3)22-8-7-19-11-22/h5-11,13H,4H2,1-3H3,(H,20,21,23). The van der Waals surface area contributed by atoms with Gasteiger partial charge in [-0.2, -0.15) is 0 Å². The van der Waals surface area contributed by atoms with E-state index in [-0.39, 0.29) is 11.9 Å². The van der Waals surface area contributed by atoms with Crippen molar-refractivity contribution in [1.82, 2.24) is 14.5 Å². The fourth-order valence-electron chi connectivity index (χ4n) is 2.42. The number of benzene rings is 1. The Morgan fingerprint density at radius 2 is 2.28 bits per heavy atom. The molecular weight excluding hydrogens is 336 g/mol. The average molecular weight is 356 g/mol. The molecular formula is C18H20N4O2S. The second kappa shape index (κ2) is 7.48. The van der Waals surface area contributed by atoms with Crippen LogP contribution in [0.5, 0.6) is 5.75 Å². The average Bonchev–Trinajstić information content (AvgIpc) is 3.27. The van der Waals surface area contributed by atoms with Gasteiger partial charge in [0.1, 0.15) is 11.8 Å². The van der Waals surface area contributed by atoms with Crippen molar-refractivity contribution in [2.24, 2.45) is 0 Å². The molecule has 1 amide bonds. The van der Waals surface area contributed by atoms with Crippen molar-refractivity contribution in [1.29, 1.82) is 0 Å². The zero-order chi connectivity index (χ0) is 17.8. The summed E-state index contributed by atoms with van der Waals surface area (Å²) in [6.07, 6.45) is 5.04. The minimum absolute atomic E-state index is 0.131. The maximum atomic E-state index is 12.4. The van der Waals surface area contributed by atoms with Crippen molar-refractivity contribution in [3.05, 3.63) is 47.9 Å². The number of nitrogens with zero attached hydrogens (tertiary/aromatic N) is 3. The molecule has 0 radical (unpaired) electrons. The maximum absolute atomic E-state index is 12.4. The topological polar surface area (TPSA) is 69.0 Å². The SMILES string of the molecule is CCOc1ccc(C)cc1-c1csc(NC(=O)C(C)n2ccnc2)n1. The number of aryl methyl sites for hydroxylation is 1. The minimum atomic E-state index is -0.354. The monoisotopic (exact) mass is 356 g/mol. The van der Waals surface area contributed by atoms with Crippen molar-refractivity contribution in [3.63, 3.8) is 0 Å². The molecule has 6 nitrogen and oxygen atoms in total. The summed E-state index contributed by atoms with van der Waals surface area (Å²) < 4.78 is 7.44. The Hall–Kier alpha value is -2.67. The molecule has 0 spiro atoms. The molecule has 1 atom stereocenters.